The van der Waals surface area contributed by atoms with Gasteiger partial charge in [0.15, 0.2) is 5.12 Å². The van der Waals surface area contributed by atoms with E-state index in [1.165, 1.54) is 0 Å². The minimum Gasteiger partial charge on any atom is -0.393 e. The van der Waals surface area contributed by atoms with E-state index in [1.807, 2.05) is 6.92 Å². The van der Waals surface area contributed by atoms with Gasteiger partial charge in [-0.05, 0) is 6.42 Å². The van der Waals surface area contributed by atoms with E-state index in [-0.39, 0.29) is 11.5 Å². The molecule has 0 aliphatic carbocycles. The average molecular weight is 134 g/mol. The molecule has 0 bridgehead atoms. The number of aliphatic hydroxyl groups excluding tert-OH is 1. The summed E-state index contributed by atoms with van der Waals surface area (Å²) >= 11 is 3.49. The number of aliphatic hydroxyl groups is 1. The zero-order valence-corrected chi connectivity index (χ0v) is 5.69. The molecule has 3 heteroatoms. The molecule has 0 saturated carbocycles. The fraction of sp³-hybridized carbons (Fsp3) is 0.800. The quantitative estimate of drug-likeness (QED) is 0.555. The number of carbonyl (C=O) groups is 1. The lowest BCUT2D eigenvalue weighted by molar-refractivity contribution is -0.112. The summed E-state index contributed by atoms with van der Waals surface area (Å²) < 4.78 is 0. The summed E-state index contributed by atoms with van der Waals surface area (Å²) in [6.45, 7) is 1.82. The van der Waals surface area contributed by atoms with E-state index in [0.717, 1.165) is 0 Å². The Balaban J connectivity index is 3.24. The van der Waals surface area contributed by atoms with Crippen molar-refractivity contribution in [2.24, 2.45) is 0 Å². The molecular formula is C5H10O2S. The van der Waals surface area contributed by atoms with E-state index in [0.29, 0.717) is 6.42 Å². The molecule has 1 atom stereocenters. The van der Waals surface area contributed by atoms with Crippen LogP contribution in [0.25, 0.3) is 0 Å². The van der Waals surface area contributed by atoms with Crippen molar-refractivity contribution in [3.63, 3.8) is 0 Å². The normalized spacial score (nSPS) is 13.4. The monoisotopic (exact) mass is 134 g/mol. The van der Waals surface area contributed by atoms with Gasteiger partial charge in [0.1, 0.15) is 0 Å². The highest BCUT2D eigenvalue weighted by Gasteiger charge is 2.02. The van der Waals surface area contributed by atoms with Crippen LogP contribution >= 0.6 is 12.6 Å². The van der Waals surface area contributed by atoms with Crippen LogP contribution in [-0.2, 0) is 4.79 Å². The van der Waals surface area contributed by atoms with E-state index >= 15 is 0 Å². The first-order valence-corrected chi connectivity index (χ1v) is 3.01. The number of hydrogen-bond acceptors (Lipinski definition) is 2. The third-order valence-electron chi connectivity index (χ3n) is 0.881. The fourth-order valence-electron chi connectivity index (χ4n) is 0.346. The maximum absolute atomic E-state index is 10.1. The van der Waals surface area contributed by atoms with Crippen LogP contribution in [-0.4, -0.2) is 16.3 Å². The minimum atomic E-state index is -0.500. The van der Waals surface area contributed by atoms with E-state index in [1.54, 1.807) is 0 Å². The molecule has 0 unspecified atom stereocenters. The summed E-state index contributed by atoms with van der Waals surface area (Å²) in [5.74, 6) is 0. The van der Waals surface area contributed by atoms with E-state index in [4.69, 9.17) is 5.11 Å². The first-order valence-electron chi connectivity index (χ1n) is 2.56. The SMILES string of the molecule is CC[C@@H](O)CC(=O)S. The molecule has 0 rings (SSSR count). The number of hydrogen-bond donors (Lipinski definition) is 2. The molecule has 2 nitrogen and oxygen atoms in total. The highest BCUT2D eigenvalue weighted by Crippen LogP contribution is 1.98. The van der Waals surface area contributed by atoms with Crippen molar-refractivity contribution < 1.29 is 9.90 Å². The van der Waals surface area contributed by atoms with Crippen molar-refractivity contribution in [1.29, 1.82) is 0 Å². The van der Waals surface area contributed by atoms with Gasteiger partial charge in [-0.25, -0.2) is 0 Å². The molecule has 0 spiro atoms. The van der Waals surface area contributed by atoms with E-state index in [2.05, 4.69) is 12.6 Å². The molecule has 0 aromatic carbocycles. The standard InChI is InChI=1S/C5H10O2S/c1-2-4(6)3-5(7)8/h4,6H,2-3H2,1H3,(H,7,8)/t4-/m1/s1. The van der Waals surface area contributed by atoms with Crippen molar-refractivity contribution >= 4 is 17.7 Å². The summed E-state index contributed by atoms with van der Waals surface area (Å²) in [5.41, 5.74) is 0. The summed E-state index contributed by atoms with van der Waals surface area (Å²) in [6.07, 6.45) is 0.284. The molecule has 0 saturated heterocycles. The molecular weight excluding hydrogens is 124 g/mol. The molecule has 0 aromatic rings. The predicted octanol–water partition coefficient (Wildman–Crippen LogP) is 0.604. The second-order valence-corrected chi connectivity index (χ2v) is 2.16. The van der Waals surface area contributed by atoms with Gasteiger partial charge in [-0.1, -0.05) is 6.92 Å². The summed E-state index contributed by atoms with van der Waals surface area (Å²) in [6, 6.07) is 0. The van der Waals surface area contributed by atoms with Crippen LogP contribution in [0.5, 0.6) is 0 Å². The smallest absolute Gasteiger partial charge is 0.188 e. The Hall–Kier alpha value is -0.0200. The average Bonchev–Trinajstić information content (AvgIpc) is 1.65. The fourth-order valence-corrected chi connectivity index (χ4v) is 0.557. The van der Waals surface area contributed by atoms with Crippen molar-refractivity contribution in [2.75, 3.05) is 0 Å². The van der Waals surface area contributed by atoms with Crippen LogP contribution in [0.4, 0.5) is 0 Å². The van der Waals surface area contributed by atoms with Crippen LogP contribution in [0.15, 0.2) is 0 Å². The maximum atomic E-state index is 10.1. The first-order chi connectivity index (χ1) is 3.66. The molecule has 1 N–H and O–H groups in total. The Morgan fingerprint density at radius 1 is 1.88 bits per heavy atom. The molecule has 8 heavy (non-hydrogen) atoms. The largest absolute Gasteiger partial charge is 0.393 e. The van der Waals surface area contributed by atoms with Crippen LogP contribution in [0.1, 0.15) is 19.8 Å². The van der Waals surface area contributed by atoms with Crippen LogP contribution in [0.2, 0.25) is 0 Å². The lowest BCUT2D eigenvalue weighted by atomic mass is 10.2. The third-order valence-corrected chi connectivity index (χ3v) is 1.06. The van der Waals surface area contributed by atoms with Gasteiger partial charge in [0, 0.05) is 6.42 Å². The molecule has 0 heterocycles. The van der Waals surface area contributed by atoms with Crippen molar-refractivity contribution in [3.05, 3.63) is 0 Å². The zero-order chi connectivity index (χ0) is 6.57. The van der Waals surface area contributed by atoms with Crippen molar-refractivity contribution in [3.8, 4) is 0 Å². The summed E-state index contributed by atoms with van der Waals surface area (Å²) in [7, 11) is 0. The van der Waals surface area contributed by atoms with Gasteiger partial charge >= 0.3 is 0 Å². The Labute approximate surface area is 54.3 Å². The Bertz CT molecular complexity index is 82.5. The zero-order valence-electron chi connectivity index (χ0n) is 4.79. The summed E-state index contributed by atoms with van der Waals surface area (Å²) in [5, 5.41) is 8.51. The van der Waals surface area contributed by atoms with E-state index < -0.39 is 6.10 Å². The van der Waals surface area contributed by atoms with Gasteiger partial charge < -0.3 is 5.11 Å². The first kappa shape index (κ1) is 7.98. The lowest BCUT2D eigenvalue weighted by Crippen LogP contribution is -2.07. The van der Waals surface area contributed by atoms with E-state index in [9.17, 15) is 4.79 Å². The highest BCUT2D eigenvalue weighted by atomic mass is 32.1. The second kappa shape index (κ2) is 3.92. The van der Waals surface area contributed by atoms with Crippen molar-refractivity contribution in [1.82, 2.24) is 0 Å². The van der Waals surface area contributed by atoms with Gasteiger partial charge in [-0.2, -0.15) is 0 Å². The van der Waals surface area contributed by atoms with Gasteiger partial charge in [-0.3, -0.25) is 4.79 Å². The number of thiol groups is 1. The second-order valence-electron chi connectivity index (χ2n) is 1.66. The van der Waals surface area contributed by atoms with Gasteiger partial charge in [-0.15, -0.1) is 12.6 Å². The molecule has 0 radical (unpaired) electrons. The number of carbonyl (C=O) groups excluding carboxylic acids is 1. The lowest BCUT2D eigenvalue weighted by Gasteiger charge is -2.00. The molecule has 0 amide bonds. The van der Waals surface area contributed by atoms with Crippen LogP contribution in [0.3, 0.4) is 0 Å². The Morgan fingerprint density at radius 3 is 2.50 bits per heavy atom. The highest BCUT2D eigenvalue weighted by molar-refractivity contribution is 7.96. The van der Waals surface area contributed by atoms with Gasteiger partial charge in [0.25, 0.3) is 0 Å². The Kier molecular flexibility index (Phi) is 3.91. The minimum absolute atomic E-state index is 0.166. The molecule has 0 aliphatic heterocycles. The number of rotatable bonds is 3. The molecule has 48 valence electrons. The van der Waals surface area contributed by atoms with Gasteiger partial charge in [0.2, 0.25) is 0 Å². The molecule has 0 aromatic heterocycles. The maximum Gasteiger partial charge on any atom is 0.188 e. The van der Waals surface area contributed by atoms with Crippen LogP contribution in [0, 0.1) is 0 Å². The summed E-state index contributed by atoms with van der Waals surface area (Å²) in [4.78, 5) is 10.1. The molecule has 0 aliphatic rings. The van der Waals surface area contributed by atoms with Crippen LogP contribution < -0.4 is 0 Å². The van der Waals surface area contributed by atoms with Gasteiger partial charge in [0.05, 0.1) is 6.10 Å². The van der Waals surface area contributed by atoms with Crippen molar-refractivity contribution in [2.45, 2.75) is 25.9 Å². The predicted molar refractivity (Wildman–Crippen MR) is 34.9 cm³/mol. The molecule has 0 fully saturated rings. The third kappa shape index (κ3) is 4.15. The Morgan fingerprint density at radius 2 is 2.38 bits per heavy atom. The topological polar surface area (TPSA) is 37.3 Å².